The van der Waals surface area contributed by atoms with Crippen LogP contribution in [0.25, 0.3) is 61.4 Å². The Labute approximate surface area is 227 Å². The molecule has 4 nitrogen and oxygen atoms in total. The number of hydrogen-bond acceptors (Lipinski definition) is 3. The second-order valence-electron chi connectivity index (χ2n) is 9.80. The van der Waals surface area contributed by atoms with E-state index in [2.05, 4.69) is 114 Å². The summed E-state index contributed by atoms with van der Waals surface area (Å²) in [5, 5.41) is 3.54. The molecule has 182 valence electrons. The van der Waals surface area contributed by atoms with Crippen molar-refractivity contribution in [2.24, 2.45) is 0 Å². The molecule has 0 unspecified atom stereocenters. The molecule has 1 aliphatic heterocycles. The summed E-state index contributed by atoms with van der Waals surface area (Å²) >= 11 is 0. The van der Waals surface area contributed by atoms with Crippen molar-refractivity contribution in [1.29, 1.82) is 0 Å². The molecule has 0 fully saturated rings. The monoisotopic (exact) mass is 514 g/mol. The lowest BCUT2D eigenvalue weighted by Gasteiger charge is -2.16. The molecule has 0 saturated heterocycles. The number of fused-ring (bicyclic) bond motifs is 6. The summed E-state index contributed by atoms with van der Waals surface area (Å²) in [4.78, 5) is 15.5. The van der Waals surface area contributed by atoms with Gasteiger partial charge in [-0.05, 0) is 40.2 Å². The van der Waals surface area contributed by atoms with Gasteiger partial charge in [0, 0.05) is 11.1 Å². The van der Waals surface area contributed by atoms with Gasteiger partial charge in [-0.3, -0.25) is 4.57 Å². The van der Waals surface area contributed by atoms with Crippen molar-refractivity contribution in [3.8, 4) is 39.6 Å². The third kappa shape index (κ3) is 3.37. The van der Waals surface area contributed by atoms with Crippen molar-refractivity contribution in [1.82, 2.24) is 19.5 Å². The van der Waals surface area contributed by atoms with E-state index in [1.807, 2.05) is 18.2 Å². The Kier molecular flexibility index (Phi) is 4.81. The third-order valence-electron chi connectivity index (χ3n) is 7.49. The number of imidazole rings is 1. The number of aromatic nitrogens is 4. The highest BCUT2D eigenvalue weighted by molar-refractivity contribution is 6.88. The zero-order valence-electron chi connectivity index (χ0n) is 21.0. The molecule has 0 amide bonds. The van der Waals surface area contributed by atoms with Gasteiger partial charge in [0.15, 0.2) is 5.82 Å². The molecule has 3 heterocycles. The minimum absolute atomic E-state index is 0.712. The summed E-state index contributed by atoms with van der Waals surface area (Å²) in [6, 6.07) is 42.0. The first-order valence-corrected chi connectivity index (χ1v) is 14.7. The van der Waals surface area contributed by atoms with E-state index in [1.165, 1.54) is 10.6 Å². The van der Waals surface area contributed by atoms with E-state index in [9.17, 15) is 0 Å². The maximum absolute atomic E-state index is 5.24. The molecule has 8 rings (SSSR count). The zero-order valence-corrected chi connectivity index (χ0v) is 22.0. The van der Waals surface area contributed by atoms with Gasteiger partial charge in [0.2, 0.25) is 0 Å². The topological polar surface area (TPSA) is 43.6 Å². The van der Waals surface area contributed by atoms with Crippen LogP contribution in [0, 0.1) is 0 Å². The number of benzene rings is 5. The van der Waals surface area contributed by atoms with Crippen molar-refractivity contribution in [2.45, 2.75) is 0 Å². The van der Waals surface area contributed by atoms with Gasteiger partial charge >= 0.3 is 0 Å². The van der Waals surface area contributed by atoms with Crippen LogP contribution in [0.1, 0.15) is 0 Å². The van der Waals surface area contributed by atoms with Crippen LogP contribution in [0.3, 0.4) is 0 Å². The van der Waals surface area contributed by atoms with Gasteiger partial charge in [-0.15, -0.1) is 6.17 Å². The van der Waals surface area contributed by atoms with E-state index in [-0.39, 0.29) is 0 Å². The van der Waals surface area contributed by atoms with Crippen LogP contribution in [0.2, 0.25) is 0 Å². The maximum atomic E-state index is 5.24. The van der Waals surface area contributed by atoms with E-state index in [1.54, 1.807) is 0 Å². The number of nitrogens with zero attached hydrogens (tertiary/aromatic N) is 4. The van der Waals surface area contributed by atoms with Crippen LogP contribution in [0.5, 0.6) is 0 Å². The lowest BCUT2D eigenvalue weighted by Crippen LogP contribution is -2.31. The molecule has 0 aliphatic carbocycles. The third-order valence-corrected chi connectivity index (χ3v) is 9.40. The van der Waals surface area contributed by atoms with Crippen molar-refractivity contribution < 1.29 is 0 Å². The number of hydrogen-bond donors (Lipinski definition) is 0. The predicted octanol–water partition coefficient (Wildman–Crippen LogP) is 5.91. The van der Waals surface area contributed by atoms with Gasteiger partial charge in [0.25, 0.3) is 0 Å². The van der Waals surface area contributed by atoms with Gasteiger partial charge in [0.05, 0.1) is 33.7 Å². The fourth-order valence-corrected chi connectivity index (χ4v) is 7.52. The van der Waals surface area contributed by atoms with Crippen LogP contribution in [0.15, 0.2) is 121 Å². The molecule has 0 spiro atoms. The standard InChI is InChI=1S/C34H22N4Si/c1-39-30-20-24-16-8-9-17-25(24)31(32(30)38-29-19-11-10-18-26(29)37-34(38)39)33-35-27(22-12-4-2-5-13-22)21-28(36-33)23-14-6-3-7-15-23/h2-21H,1H2. The normalized spacial score (nSPS) is 12.2. The zero-order chi connectivity index (χ0) is 25.9. The fraction of sp³-hybridized carbons (Fsp3) is 0. The fourth-order valence-electron chi connectivity index (χ4n) is 5.67. The van der Waals surface area contributed by atoms with E-state index >= 15 is 0 Å². The van der Waals surface area contributed by atoms with E-state index in [4.69, 9.17) is 15.0 Å². The smallest absolute Gasteiger partial charge is 0.163 e. The van der Waals surface area contributed by atoms with Crippen molar-refractivity contribution >= 4 is 47.0 Å². The maximum Gasteiger partial charge on any atom is 0.163 e. The molecule has 0 atom stereocenters. The molecule has 39 heavy (non-hydrogen) atoms. The minimum Gasteiger partial charge on any atom is -0.296 e. The minimum atomic E-state index is -1.33. The predicted molar refractivity (Wildman–Crippen MR) is 163 cm³/mol. The number of rotatable bonds is 3. The highest BCUT2D eigenvalue weighted by Gasteiger charge is 2.31. The molecule has 0 radical (unpaired) electrons. The lowest BCUT2D eigenvalue weighted by atomic mass is 10.00. The first-order chi connectivity index (χ1) is 19.3. The number of para-hydroxylation sites is 2. The van der Waals surface area contributed by atoms with Crippen LogP contribution in [0.4, 0.5) is 0 Å². The Morgan fingerprint density at radius 1 is 0.615 bits per heavy atom. The van der Waals surface area contributed by atoms with Crippen LogP contribution in [-0.4, -0.2) is 34.1 Å². The Hall–Kier alpha value is -5.00. The second kappa shape index (κ2) is 8.51. The molecule has 1 aliphatic rings. The summed E-state index contributed by atoms with van der Waals surface area (Å²) in [6.45, 7) is 0. The summed E-state index contributed by atoms with van der Waals surface area (Å²) in [5.74, 6) is 0.712. The Morgan fingerprint density at radius 3 is 1.95 bits per heavy atom. The quantitative estimate of drug-likeness (QED) is 0.276. The molecule has 0 bridgehead atoms. The van der Waals surface area contributed by atoms with Crippen molar-refractivity contribution in [2.75, 3.05) is 0 Å². The van der Waals surface area contributed by atoms with E-state index in [0.717, 1.165) is 55.6 Å². The highest BCUT2D eigenvalue weighted by atomic mass is 28.2. The van der Waals surface area contributed by atoms with E-state index < -0.39 is 8.41 Å². The average Bonchev–Trinajstić information content (AvgIpc) is 3.51. The molecule has 0 saturated carbocycles. The Morgan fingerprint density at radius 2 is 1.23 bits per heavy atom. The molecular weight excluding hydrogens is 492 g/mol. The van der Waals surface area contributed by atoms with Crippen LogP contribution < -0.4 is 10.6 Å². The van der Waals surface area contributed by atoms with E-state index in [0.29, 0.717) is 5.82 Å². The molecule has 2 aromatic heterocycles. The lowest BCUT2D eigenvalue weighted by molar-refractivity contribution is 1.14. The van der Waals surface area contributed by atoms with Gasteiger partial charge in [-0.25, -0.2) is 15.0 Å². The Balaban J connectivity index is 1.51. The van der Waals surface area contributed by atoms with Crippen molar-refractivity contribution in [3.63, 3.8) is 0 Å². The molecular formula is C34H22N4Si. The molecule has 5 aromatic carbocycles. The molecule has 0 N–H and O–H groups in total. The van der Waals surface area contributed by atoms with Crippen LogP contribution in [-0.2, 0) is 0 Å². The van der Waals surface area contributed by atoms with Gasteiger partial charge < -0.3 is 0 Å². The Bertz CT molecular complexity index is 2020. The van der Waals surface area contributed by atoms with Gasteiger partial charge in [-0.2, -0.15) is 0 Å². The highest BCUT2D eigenvalue weighted by Crippen LogP contribution is 2.36. The largest absolute Gasteiger partial charge is 0.296 e. The average molecular weight is 515 g/mol. The second-order valence-corrected chi connectivity index (χ2v) is 11.7. The summed E-state index contributed by atoms with van der Waals surface area (Å²) < 4.78 is 2.31. The van der Waals surface area contributed by atoms with Crippen LogP contribution >= 0.6 is 0 Å². The first kappa shape index (κ1) is 22.0. The summed E-state index contributed by atoms with van der Waals surface area (Å²) in [6.07, 6.45) is 4.67. The van der Waals surface area contributed by atoms with Gasteiger partial charge in [-0.1, -0.05) is 97.1 Å². The molecule has 7 aromatic rings. The summed E-state index contributed by atoms with van der Waals surface area (Å²) in [7, 11) is -1.33. The molecule has 5 heteroatoms. The first-order valence-electron chi connectivity index (χ1n) is 13.0. The van der Waals surface area contributed by atoms with Crippen molar-refractivity contribution in [3.05, 3.63) is 121 Å². The van der Waals surface area contributed by atoms with Gasteiger partial charge in [0.1, 0.15) is 13.9 Å². The summed E-state index contributed by atoms with van der Waals surface area (Å²) in [5.41, 5.74) is 9.21. The SMILES string of the molecule is C=[Si]1c2cc3ccccc3c(-c3nc(-c4ccccc4)cc(-c4ccccc4)n3)c2-n2c1nc1ccccc12.